The van der Waals surface area contributed by atoms with Crippen molar-refractivity contribution in [3.05, 3.63) is 17.7 Å². The molecule has 0 amide bonds. The fraction of sp³-hybridized carbons (Fsp3) is 0.143. The first-order valence-electron chi connectivity index (χ1n) is 3.88. The van der Waals surface area contributed by atoms with Gasteiger partial charge in [-0.1, -0.05) is 0 Å². The number of rotatable bonds is 2. The molecule has 0 radical (unpaired) electrons. The van der Waals surface area contributed by atoms with Crippen molar-refractivity contribution in [2.75, 3.05) is 5.73 Å². The molecule has 0 unspecified atom stereocenters. The van der Waals surface area contributed by atoms with Crippen molar-refractivity contribution < 1.29 is 25.9 Å². The first kappa shape index (κ1) is 12.9. The molecule has 1 aromatic carbocycles. The van der Waals surface area contributed by atoms with Gasteiger partial charge in [-0.2, -0.15) is 16.8 Å². The molecule has 16 heavy (non-hydrogen) atoms. The maximum absolute atomic E-state index is 10.9. The second-order valence-electron chi connectivity index (χ2n) is 3.11. The van der Waals surface area contributed by atoms with Crippen LogP contribution in [0.4, 0.5) is 5.69 Å². The smallest absolute Gasteiger partial charge is 0.295 e. The summed E-state index contributed by atoms with van der Waals surface area (Å²) in [5.74, 6) is 0. The molecular weight excluding hydrogens is 258 g/mol. The Hall–Kier alpha value is -1.16. The summed E-state index contributed by atoms with van der Waals surface area (Å²) in [7, 11) is -9.53. The van der Waals surface area contributed by atoms with Crippen molar-refractivity contribution >= 4 is 25.9 Å². The van der Waals surface area contributed by atoms with Gasteiger partial charge >= 0.3 is 0 Å². The van der Waals surface area contributed by atoms with Crippen molar-refractivity contribution in [2.24, 2.45) is 0 Å². The van der Waals surface area contributed by atoms with Crippen LogP contribution < -0.4 is 5.73 Å². The Kier molecular flexibility index (Phi) is 2.98. The van der Waals surface area contributed by atoms with Crippen molar-refractivity contribution in [3.63, 3.8) is 0 Å². The van der Waals surface area contributed by atoms with Gasteiger partial charge in [0, 0.05) is 5.69 Å². The summed E-state index contributed by atoms with van der Waals surface area (Å²) in [5, 5.41) is 0. The van der Waals surface area contributed by atoms with Crippen LogP contribution in [-0.4, -0.2) is 25.9 Å². The number of anilines is 1. The lowest BCUT2D eigenvalue weighted by molar-refractivity contribution is 0.466. The van der Waals surface area contributed by atoms with E-state index in [-0.39, 0.29) is 11.3 Å². The monoisotopic (exact) mass is 267 g/mol. The maximum atomic E-state index is 10.9. The molecule has 1 rings (SSSR count). The molecule has 0 aromatic heterocycles. The highest BCUT2D eigenvalue weighted by Crippen LogP contribution is 2.26. The second-order valence-corrected chi connectivity index (χ2v) is 5.89. The van der Waals surface area contributed by atoms with E-state index in [1.807, 2.05) is 0 Å². The Morgan fingerprint density at radius 3 is 1.75 bits per heavy atom. The molecule has 0 atom stereocenters. The number of benzene rings is 1. The molecule has 4 N–H and O–H groups in total. The molecule has 0 aliphatic carbocycles. The molecule has 0 fully saturated rings. The van der Waals surface area contributed by atoms with Gasteiger partial charge in [0.25, 0.3) is 20.2 Å². The summed E-state index contributed by atoms with van der Waals surface area (Å²) >= 11 is 0. The molecule has 90 valence electrons. The first-order valence-corrected chi connectivity index (χ1v) is 6.76. The molecule has 0 saturated heterocycles. The summed E-state index contributed by atoms with van der Waals surface area (Å²) in [4.78, 5) is -1.85. The lowest BCUT2D eigenvalue weighted by Gasteiger charge is -2.07. The highest BCUT2D eigenvalue weighted by Gasteiger charge is 2.24. The fourth-order valence-corrected chi connectivity index (χ4v) is 2.94. The van der Waals surface area contributed by atoms with E-state index in [2.05, 4.69) is 0 Å². The molecule has 0 saturated carbocycles. The fourth-order valence-electron chi connectivity index (χ4n) is 1.08. The third kappa shape index (κ3) is 2.50. The predicted molar refractivity (Wildman–Crippen MR) is 55.2 cm³/mol. The lowest BCUT2D eigenvalue weighted by Crippen LogP contribution is -2.10. The minimum absolute atomic E-state index is 0.0139. The van der Waals surface area contributed by atoms with Gasteiger partial charge in [-0.3, -0.25) is 9.11 Å². The van der Waals surface area contributed by atoms with Crippen LogP contribution in [-0.2, 0) is 20.2 Å². The van der Waals surface area contributed by atoms with Gasteiger partial charge in [-0.25, -0.2) is 0 Å². The minimum atomic E-state index is -4.78. The van der Waals surface area contributed by atoms with E-state index in [9.17, 15) is 16.8 Å². The summed E-state index contributed by atoms with van der Waals surface area (Å²) in [6, 6.07) is 1.64. The number of hydrogen-bond donors (Lipinski definition) is 3. The van der Waals surface area contributed by atoms with Gasteiger partial charge in [-0.05, 0) is 24.6 Å². The second kappa shape index (κ2) is 3.70. The highest BCUT2D eigenvalue weighted by atomic mass is 32.2. The molecule has 0 spiro atoms. The van der Waals surface area contributed by atoms with E-state index in [1.54, 1.807) is 0 Å². The summed E-state index contributed by atoms with van der Waals surface area (Å²) in [5.41, 5.74) is 5.63. The zero-order valence-electron chi connectivity index (χ0n) is 8.08. The van der Waals surface area contributed by atoms with Crippen molar-refractivity contribution in [2.45, 2.75) is 16.7 Å². The molecular formula is C7H9NO6S2. The van der Waals surface area contributed by atoms with Gasteiger partial charge in [0.05, 0.1) is 0 Å². The van der Waals surface area contributed by atoms with E-state index < -0.39 is 30.0 Å². The van der Waals surface area contributed by atoms with E-state index in [1.165, 1.54) is 6.92 Å². The SMILES string of the molecule is Cc1cc(S(=O)(=O)O)c(S(=O)(=O)O)cc1N. The van der Waals surface area contributed by atoms with Gasteiger partial charge in [-0.15, -0.1) is 0 Å². The molecule has 9 heteroatoms. The van der Waals surface area contributed by atoms with E-state index >= 15 is 0 Å². The van der Waals surface area contributed by atoms with Crippen LogP contribution in [0.3, 0.4) is 0 Å². The van der Waals surface area contributed by atoms with Crippen LogP contribution >= 0.6 is 0 Å². The minimum Gasteiger partial charge on any atom is -0.398 e. The van der Waals surface area contributed by atoms with Crippen molar-refractivity contribution in [1.82, 2.24) is 0 Å². The van der Waals surface area contributed by atoms with Crippen LogP contribution in [0.2, 0.25) is 0 Å². The lowest BCUT2D eigenvalue weighted by atomic mass is 10.2. The summed E-state index contributed by atoms with van der Waals surface area (Å²) in [6.45, 7) is 1.43. The number of nitrogen functional groups attached to an aromatic ring is 1. The van der Waals surface area contributed by atoms with Gasteiger partial charge in [0.2, 0.25) is 0 Å². The first-order chi connectivity index (χ1) is 7.03. The average Bonchev–Trinajstić information content (AvgIpc) is 2.05. The largest absolute Gasteiger partial charge is 0.398 e. The van der Waals surface area contributed by atoms with Gasteiger partial charge < -0.3 is 5.73 Å². The number of aryl methyl sites for hydroxylation is 1. The van der Waals surface area contributed by atoms with E-state index in [0.29, 0.717) is 0 Å². The topological polar surface area (TPSA) is 135 Å². The van der Waals surface area contributed by atoms with Crippen LogP contribution in [0.5, 0.6) is 0 Å². The third-order valence-corrected chi connectivity index (χ3v) is 3.80. The normalized spacial score (nSPS) is 12.7. The maximum Gasteiger partial charge on any atom is 0.295 e. The predicted octanol–water partition coefficient (Wildman–Crippen LogP) is 0.0706. The van der Waals surface area contributed by atoms with Crippen LogP contribution in [0, 0.1) is 6.92 Å². The Balaban J connectivity index is 3.80. The van der Waals surface area contributed by atoms with Gasteiger partial charge in [0.1, 0.15) is 9.79 Å². The summed E-state index contributed by atoms with van der Waals surface area (Å²) in [6.07, 6.45) is 0. The standard InChI is InChI=1S/C7H9NO6S2/c1-4-2-6(15(9,10)11)7(3-5(4)8)16(12,13)14/h2-3H,8H2,1H3,(H,9,10,11)(H,12,13,14). The zero-order valence-corrected chi connectivity index (χ0v) is 9.71. The van der Waals surface area contributed by atoms with Crippen LogP contribution in [0.1, 0.15) is 5.56 Å². The molecule has 1 aromatic rings. The summed E-state index contributed by atoms with van der Waals surface area (Å²) < 4.78 is 61.2. The van der Waals surface area contributed by atoms with Crippen molar-refractivity contribution in [1.29, 1.82) is 0 Å². The van der Waals surface area contributed by atoms with E-state index in [0.717, 1.165) is 12.1 Å². The number of nitrogens with two attached hydrogens (primary N) is 1. The Bertz CT molecular complexity index is 574. The van der Waals surface area contributed by atoms with Crippen LogP contribution in [0.25, 0.3) is 0 Å². The Labute approximate surface area is 92.4 Å². The third-order valence-electron chi connectivity index (χ3n) is 1.89. The van der Waals surface area contributed by atoms with Gasteiger partial charge in [0.15, 0.2) is 0 Å². The Morgan fingerprint density at radius 1 is 1.00 bits per heavy atom. The van der Waals surface area contributed by atoms with Crippen molar-refractivity contribution in [3.8, 4) is 0 Å². The van der Waals surface area contributed by atoms with E-state index in [4.69, 9.17) is 14.8 Å². The Morgan fingerprint density at radius 2 is 1.38 bits per heavy atom. The van der Waals surface area contributed by atoms with Crippen LogP contribution in [0.15, 0.2) is 21.9 Å². The molecule has 0 aliphatic heterocycles. The molecule has 0 heterocycles. The quantitative estimate of drug-likeness (QED) is 0.509. The molecule has 7 nitrogen and oxygen atoms in total. The average molecular weight is 267 g/mol. The molecule has 0 aliphatic rings. The molecule has 0 bridgehead atoms. The number of hydrogen-bond acceptors (Lipinski definition) is 5. The highest BCUT2D eigenvalue weighted by molar-refractivity contribution is 7.89. The zero-order chi connectivity index (χ0) is 12.7.